The van der Waals surface area contributed by atoms with Crippen molar-refractivity contribution in [1.29, 1.82) is 0 Å². The molecule has 0 heterocycles. The Labute approximate surface area is 195 Å². The second-order valence-corrected chi connectivity index (χ2v) is 6.94. The average Bonchev–Trinajstić information content (AvgIpc) is 2.71. The molecular formula is C22H46N4O2Ru. The molecule has 29 heavy (non-hydrogen) atoms. The van der Waals surface area contributed by atoms with Gasteiger partial charge in [-0.2, -0.15) is 26.2 Å². The van der Waals surface area contributed by atoms with Crippen LogP contribution in [0.2, 0.25) is 0 Å². The summed E-state index contributed by atoms with van der Waals surface area (Å²) in [5, 5.41) is 18.1. The maximum atomic E-state index is 7.75. The molecule has 174 valence electrons. The quantitative estimate of drug-likeness (QED) is 0.155. The van der Waals surface area contributed by atoms with Gasteiger partial charge in [0.25, 0.3) is 0 Å². The van der Waals surface area contributed by atoms with Gasteiger partial charge in [0, 0.05) is 0 Å². The summed E-state index contributed by atoms with van der Waals surface area (Å²) in [6.45, 7) is 27.7. The standard InChI is InChI=1S/2C10H22N2.2CHO.Ru/c2*1-5-7-11-10(9(3)4)12-8-6-2;2*1-2;/h2*9-10H,5-8H2,1-4H3;2*1H;/q2*-2;2*-1;+6. The van der Waals surface area contributed by atoms with Gasteiger partial charge in [0.1, 0.15) is 0 Å². The van der Waals surface area contributed by atoms with Gasteiger partial charge < -0.3 is 30.9 Å². The van der Waals surface area contributed by atoms with Crippen molar-refractivity contribution in [3.05, 3.63) is 21.3 Å². The summed E-state index contributed by atoms with van der Waals surface area (Å²) in [6.07, 6.45) is 5.00. The van der Waals surface area contributed by atoms with Crippen molar-refractivity contribution in [3.63, 3.8) is 0 Å². The van der Waals surface area contributed by atoms with Crippen molar-refractivity contribution in [2.75, 3.05) is 26.2 Å². The molecule has 0 rings (SSSR count). The van der Waals surface area contributed by atoms with Gasteiger partial charge in [-0.1, -0.05) is 92.9 Å². The summed E-state index contributed by atoms with van der Waals surface area (Å²) in [7, 11) is 0. The van der Waals surface area contributed by atoms with E-state index in [9.17, 15) is 0 Å². The van der Waals surface area contributed by atoms with Crippen molar-refractivity contribution >= 4 is 13.6 Å². The summed E-state index contributed by atoms with van der Waals surface area (Å²) in [4.78, 5) is 15.5. The summed E-state index contributed by atoms with van der Waals surface area (Å²) in [5.74, 6) is 1.12. The van der Waals surface area contributed by atoms with E-state index >= 15 is 0 Å². The van der Waals surface area contributed by atoms with E-state index in [1.165, 1.54) is 0 Å². The second kappa shape index (κ2) is 35.3. The maximum Gasteiger partial charge on any atom is 6.00 e. The molecule has 0 aliphatic rings. The van der Waals surface area contributed by atoms with Gasteiger partial charge in [0.2, 0.25) is 0 Å². The molecule has 0 radical (unpaired) electrons. The molecule has 6 nitrogen and oxygen atoms in total. The fourth-order valence-corrected chi connectivity index (χ4v) is 2.00. The molecule has 0 fully saturated rings. The molecule has 0 bridgehead atoms. The average molecular weight is 500 g/mol. The van der Waals surface area contributed by atoms with Gasteiger partial charge in [-0.25, -0.2) is 12.3 Å². The third kappa shape index (κ3) is 32.7. The van der Waals surface area contributed by atoms with Crippen LogP contribution in [0.25, 0.3) is 21.3 Å². The van der Waals surface area contributed by atoms with Crippen LogP contribution in [0.1, 0.15) is 81.1 Å². The maximum absolute atomic E-state index is 7.75. The number of nitrogens with zero attached hydrogens (tertiary/aromatic N) is 4. The number of hydrogen-bond donors (Lipinski definition) is 0. The van der Waals surface area contributed by atoms with E-state index in [-0.39, 0.29) is 31.8 Å². The fourth-order valence-electron chi connectivity index (χ4n) is 2.00. The van der Waals surface area contributed by atoms with E-state index in [0.29, 0.717) is 11.8 Å². The van der Waals surface area contributed by atoms with Gasteiger partial charge in [-0.3, -0.25) is 13.6 Å². The Morgan fingerprint density at radius 2 is 0.690 bits per heavy atom. The molecule has 0 N–H and O–H groups in total. The van der Waals surface area contributed by atoms with Crippen LogP contribution in [-0.2, 0) is 29.1 Å². The Bertz CT molecular complexity index is 231. The molecule has 0 unspecified atom stereocenters. The molecule has 0 saturated carbocycles. The molecule has 0 aliphatic heterocycles. The van der Waals surface area contributed by atoms with E-state index < -0.39 is 0 Å². The van der Waals surface area contributed by atoms with Crippen LogP contribution >= 0.6 is 0 Å². The topological polar surface area (TPSA) is 90.5 Å². The first-order chi connectivity index (χ1) is 13.4. The van der Waals surface area contributed by atoms with Crippen LogP contribution in [0.15, 0.2) is 0 Å². The Morgan fingerprint density at radius 3 is 0.793 bits per heavy atom. The monoisotopic (exact) mass is 500 g/mol. The minimum absolute atomic E-state index is 0. The van der Waals surface area contributed by atoms with Crippen molar-refractivity contribution in [1.82, 2.24) is 0 Å². The molecule has 0 aromatic carbocycles. The zero-order valence-corrected chi connectivity index (χ0v) is 21.8. The van der Waals surface area contributed by atoms with Crippen molar-refractivity contribution < 1.29 is 29.1 Å². The molecule has 0 aromatic rings. The minimum Gasteiger partial charge on any atom is -0.678 e. The molecule has 0 aliphatic carbocycles. The summed E-state index contributed by atoms with van der Waals surface area (Å²) in [6, 6.07) is 0. The summed E-state index contributed by atoms with van der Waals surface area (Å²) >= 11 is 0. The number of rotatable bonds is 14. The van der Waals surface area contributed by atoms with Gasteiger partial charge in [0.15, 0.2) is 0 Å². The van der Waals surface area contributed by atoms with E-state index in [1.807, 2.05) is 0 Å². The molecule has 0 aromatic heterocycles. The number of carbonyl (C=O) groups excluding carboxylic acids is 2. The predicted molar refractivity (Wildman–Crippen MR) is 125 cm³/mol. The SMILES string of the molecule is CCC[N-]C([N-]CCC)C(C)C.CCC[N-]C([N-]CCC)C(C)C.[CH-]=O.[CH-]=O.[Ru+6]. The Hall–Kier alpha value is -0.197. The smallest absolute Gasteiger partial charge is 0.678 e. The van der Waals surface area contributed by atoms with Crippen LogP contribution in [0.3, 0.4) is 0 Å². The summed E-state index contributed by atoms with van der Waals surface area (Å²) < 4.78 is 0. The number of hydrogen-bond acceptors (Lipinski definition) is 2. The molecule has 0 atom stereocenters. The second-order valence-electron chi connectivity index (χ2n) is 6.94. The van der Waals surface area contributed by atoms with Crippen molar-refractivity contribution in [3.8, 4) is 0 Å². The first-order valence-corrected chi connectivity index (χ1v) is 10.6. The normalized spacial score (nSPS) is 9.79. The van der Waals surface area contributed by atoms with Gasteiger partial charge in [-0.15, -0.1) is 0 Å². The predicted octanol–water partition coefficient (Wildman–Crippen LogP) is 6.52. The zero-order valence-electron chi connectivity index (χ0n) is 20.1. The van der Waals surface area contributed by atoms with Gasteiger partial charge in [-0.05, 0) is 0 Å². The van der Waals surface area contributed by atoms with Crippen molar-refractivity contribution in [2.24, 2.45) is 11.8 Å². The van der Waals surface area contributed by atoms with E-state index in [0.717, 1.165) is 51.9 Å². The summed E-state index contributed by atoms with van der Waals surface area (Å²) in [5.41, 5.74) is 0. The molecule has 0 spiro atoms. The van der Waals surface area contributed by atoms with Crippen LogP contribution in [0, 0.1) is 11.8 Å². The van der Waals surface area contributed by atoms with Crippen LogP contribution in [0.5, 0.6) is 0 Å². The van der Waals surface area contributed by atoms with Gasteiger partial charge in [0.05, 0.1) is 0 Å². The Balaban J connectivity index is -0.000000109. The molecular weight excluding hydrogens is 453 g/mol. The first-order valence-electron chi connectivity index (χ1n) is 10.6. The van der Waals surface area contributed by atoms with E-state index in [2.05, 4.69) is 90.2 Å². The fraction of sp³-hybridized carbons (Fsp3) is 0.909. The zero-order chi connectivity index (χ0) is 22.8. The molecule has 7 heteroatoms. The molecule has 0 amide bonds. The Kier molecular flexibility index (Phi) is 47.8. The van der Waals surface area contributed by atoms with Gasteiger partial charge >= 0.3 is 19.5 Å². The third-order valence-corrected chi connectivity index (χ3v) is 3.35. The van der Waals surface area contributed by atoms with E-state index in [4.69, 9.17) is 9.59 Å². The largest absolute Gasteiger partial charge is 6.00 e. The molecule has 0 saturated heterocycles. The van der Waals surface area contributed by atoms with Crippen LogP contribution in [0.4, 0.5) is 0 Å². The third-order valence-electron chi connectivity index (χ3n) is 3.35. The first kappa shape index (κ1) is 39.3. The van der Waals surface area contributed by atoms with E-state index in [1.54, 1.807) is 0 Å². The van der Waals surface area contributed by atoms with Crippen LogP contribution in [-0.4, -0.2) is 52.1 Å². The minimum atomic E-state index is 0. The van der Waals surface area contributed by atoms with Crippen LogP contribution < -0.4 is 0 Å². The Morgan fingerprint density at radius 1 is 0.517 bits per heavy atom. The van der Waals surface area contributed by atoms with Crippen molar-refractivity contribution in [2.45, 2.75) is 93.4 Å².